The highest BCUT2D eigenvalue weighted by Gasteiger charge is 2.29. The quantitative estimate of drug-likeness (QED) is 0.195. The molecule has 0 saturated carbocycles. The molecule has 6 aromatic carbocycles. The third-order valence-corrected chi connectivity index (χ3v) is 10.6. The standard InChI is InChI=1S/C46H35N3O/c1-28-10-3-4-11-32(28)43-29(2)47-27-25-40(43)49(39-16-8-17-41-45(39)46-42(50-41)18-9-26-48-46)31-21-19-30(20-22-31)33-23-24-38-35-13-6-5-12-34(35)37-15-7-14-36(33)44(37)38/h3-25,27,29,47-48H,26H2,1-2H3. The Morgan fingerprint density at radius 3 is 2.20 bits per heavy atom. The van der Waals surface area contributed by atoms with E-state index in [0.717, 1.165) is 46.0 Å². The molecule has 0 fully saturated rings. The fraction of sp³-hybridized carbons (Fsp3) is 0.0870. The van der Waals surface area contributed by atoms with E-state index in [1.54, 1.807) is 0 Å². The van der Waals surface area contributed by atoms with Crippen molar-refractivity contribution in [3.05, 3.63) is 162 Å². The smallest absolute Gasteiger partial charge is 0.151 e. The van der Waals surface area contributed by atoms with Gasteiger partial charge in [0.15, 0.2) is 5.76 Å². The van der Waals surface area contributed by atoms with E-state index >= 15 is 0 Å². The molecule has 0 amide bonds. The summed E-state index contributed by atoms with van der Waals surface area (Å²) in [5, 5.41) is 10.9. The van der Waals surface area contributed by atoms with Crippen molar-refractivity contribution in [3.8, 4) is 33.4 Å². The Kier molecular flexibility index (Phi) is 6.40. The summed E-state index contributed by atoms with van der Waals surface area (Å²) < 4.78 is 6.40. The van der Waals surface area contributed by atoms with Gasteiger partial charge in [-0.05, 0) is 112 Å². The lowest BCUT2D eigenvalue weighted by Crippen LogP contribution is -2.31. The van der Waals surface area contributed by atoms with E-state index in [2.05, 4.69) is 175 Å². The molecule has 3 heterocycles. The number of aryl methyl sites for hydroxylation is 1. The van der Waals surface area contributed by atoms with Gasteiger partial charge in [-0.3, -0.25) is 0 Å². The van der Waals surface area contributed by atoms with Crippen molar-refractivity contribution in [1.82, 2.24) is 5.32 Å². The molecule has 0 bridgehead atoms. The van der Waals surface area contributed by atoms with Crippen LogP contribution >= 0.6 is 0 Å². The van der Waals surface area contributed by atoms with Crippen LogP contribution in [0.5, 0.6) is 0 Å². The van der Waals surface area contributed by atoms with Crippen LogP contribution in [0.1, 0.15) is 23.8 Å². The summed E-state index contributed by atoms with van der Waals surface area (Å²) in [4.78, 5) is 2.42. The lowest BCUT2D eigenvalue weighted by Gasteiger charge is -2.34. The molecule has 1 aliphatic carbocycles. The first-order chi connectivity index (χ1) is 24.7. The molecule has 2 aliphatic heterocycles. The normalized spacial score (nSPS) is 15.6. The van der Waals surface area contributed by atoms with Gasteiger partial charge in [0.2, 0.25) is 0 Å². The van der Waals surface area contributed by atoms with E-state index in [0.29, 0.717) is 0 Å². The van der Waals surface area contributed by atoms with Crippen molar-refractivity contribution in [1.29, 1.82) is 0 Å². The van der Waals surface area contributed by atoms with E-state index < -0.39 is 0 Å². The lowest BCUT2D eigenvalue weighted by molar-refractivity contribution is 0.604. The molecule has 1 atom stereocenters. The number of nitrogens with one attached hydrogen (secondary N) is 2. The number of furan rings is 1. The van der Waals surface area contributed by atoms with Crippen molar-refractivity contribution >= 4 is 50.5 Å². The number of hydrogen-bond donors (Lipinski definition) is 2. The van der Waals surface area contributed by atoms with Gasteiger partial charge in [-0.2, -0.15) is 0 Å². The highest BCUT2D eigenvalue weighted by atomic mass is 16.3. The summed E-state index contributed by atoms with van der Waals surface area (Å²) in [5.74, 6) is 0.866. The second kappa shape index (κ2) is 11.1. The lowest BCUT2D eigenvalue weighted by atomic mass is 9.91. The highest BCUT2D eigenvalue weighted by molar-refractivity contribution is 6.18. The van der Waals surface area contributed by atoms with Crippen LogP contribution in [-0.4, -0.2) is 12.6 Å². The number of hydrogen-bond acceptors (Lipinski definition) is 4. The fourth-order valence-corrected chi connectivity index (χ4v) is 8.32. The molecule has 1 unspecified atom stereocenters. The number of allylic oxidation sites excluding steroid dienone is 1. The van der Waals surface area contributed by atoms with Gasteiger partial charge in [0.25, 0.3) is 0 Å². The van der Waals surface area contributed by atoms with Crippen LogP contribution in [0.3, 0.4) is 0 Å². The average molecular weight is 646 g/mol. The summed E-state index contributed by atoms with van der Waals surface area (Å²) >= 11 is 0. The molecule has 0 radical (unpaired) electrons. The average Bonchev–Trinajstić information content (AvgIpc) is 3.70. The maximum Gasteiger partial charge on any atom is 0.151 e. The number of fused-ring (bicyclic) bond motifs is 6. The molecule has 4 heteroatoms. The molecule has 0 spiro atoms. The first-order valence-electron chi connectivity index (χ1n) is 17.4. The Hall–Kier alpha value is -6.26. The molecule has 0 saturated heterocycles. The predicted octanol–water partition coefficient (Wildman–Crippen LogP) is 11.7. The second-order valence-electron chi connectivity index (χ2n) is 13.4. The van der Waals surface area contributed by atoms with Gasteiger partial charge >= 0.3 is 0 Å². The fourth-order valence-electron chi connectivity index (χ4n) is 8.32. The van der Waals surface area contributed by atoms with Crippen molar-refractivity contribution in [2.45, 2.75) is 19.9 Å². The van der Waals surface area contributed by atoms with Crippen molar-refractivity contribution in [2.75, 3.05) is 16.8 Å². The van der Waals surface area contributed by atoms with Crippen molar-refractivity contribution in [2.24, 2.45) is 0 Å². The third-order valence-electron chi connectivity index (χ3n) is 10.6. The van der Waals surface area contributed by atoms with Gasteiger partial charge in [-0.1, -0.05) is 103 Å². The number of nitrogens with zero attached hydrogens (tertiary/aromatic N) is 1. The molecule has 10 rings (SSSR count). The minimum atomic E-state index is 0.106. The van der Waals surface area contributed by atoms with Gasteiger partial charge in [0.05, 0.1) is 28.5 Å². The minimum absolute atomic E-state index is 0.106. The van der Waals surface area contributed by atoms with E-state index in [4.69, 9.17) is 4.42 Å². The van der Waals surface area contributed by atoms with E-state index in [-0.39, 0.29) is 6.04 Å². The molecule has 240 valence electrons. The van der Waals surface area contributed by atoms with Crippen LogP contribution in [0.2, 0.25) is 0 Å². The number of anilines is 3. The Morgan fingerprint density at radius 1 is 0.660 bits per heavy atom. The third kappa shape index (κ3) is 4.25. The molecular formula is C46H35N3O. The Morgan fingerprint density at radius 2 is 1.38 bits per heavy atom. The largest absolute Gasteiger partial charge is 0.454 e. The molecule has 7 aromatic rings. The summed E-state index contributed by atoms with van der Waals surface area (Å²) in [5.41, 5.74) is 16.7. The Balaban J connectivity index is 1.18. The SMILES string of the molecule is Cc1ccccc1C1=C(N(c2ccc(-c3ccc4c5c(cccc35)-c3ccccc3-4)cc2)c2cccc3oc4c(c23)NCC=C4)C=CNC1C. The number of dihydropyridines is 1. The molecule has 4 nitrogen and oxygen atoms in total. The summed E-state index contributed by atoms with van der Waals surface area (Å²) in [6.07, 6.45) is 8.49. The zero-order valence-corrected chi connectivity index (χ0v) is 28.0. The van der Waals surface area contributed by atoms with Crippen LogP contribution in [0.15, 0.2) is 150 Å². The van der Waals surface area contributed by atoms with Crippen molar-refractivity contribution in [3.63, 3.8) is 0 Å². The molecule has 1 aromatic heterocycles. The molecular weight excluding hydrogens is 611 g/mol. The zero-order valence-electron chi connectivity index (χ0n) is 28.0. The molecule has 3 aliphatic rings. The maximum absolute atomic E-state index is 6.40. The monoisotopic (exact) mass is 645 g/mol. The Labute approximate surface area is 291 Å². The second-order valence-corrected chi connectivity index (χ2v) is 13.4. The predicted molar refractivity (Wildman–Crippen MR) is 210 cm³/mol. The maximum atomic E-state index is 6.40. The van der Waals surface area contributed by atoms with Gasteiger partial charge in [0, 0.05) is 17.8 Å². The van der Waals surface area contributed by atoms with Gasteiger partial charge in [0.1, 0.15) is 5.58 Å². The van der Waals surface area contributed by atoms with Crippen LogP contribution in [0, 0.1) is 6.92 Å². The number of rotatable bonds is 5. The summed E-state index contributed by atoms with van der Waals surface area (Å²) in [6.45, 7) is 5.21. The van der Waals surface area contributed by atoms with Crippen LogP contribution in [-0.2, 0) is 0 Å². The van der Waals surface area contributed by atoms with Crippen LogP contribution in [0.4, 0.5) is 17.1 Å². The Bertz CT molecular complexity index is 2570. The number of benzene rings is 6. The van der Waals surface area contributed by atoms with Crippen LogP contribution < -0.4 is 15.5 Å². The molecule has 2 N–H and O–H groups in total. The van der Waals surface area contributed by atoms with Gasteiger partial charge in [-0.15, -0.1) is 0 Å². The first-order valence-corrected chi connectivity index (χ1v) is 17.4. The van der Waals surface area contributed by atoms with Crippen molar-refractivity contribution < 1.29 is 4.42 Å². The van der Waals surface area contributed by atoms with E-state index in [9.17, 15) is 0 Å². The topological polar surface area (TPSA) is 40.4 Å². The van der Waals surface area contributed by atoms with Gasteiger partial charge in [-0.25, -0.2) is 0 Å². The van der Waals surface area contributed by atoms with E-state index in [1.165, 1.54) is 60.9 Å². The van der Waals surface area contributed by atoms with Gasteiger partial charge < -0.3 is 20.0 Å². The van der Waals surface area contributed by atoms with E-state index in [1.807, 2.05) is 0 Å². The minimum Gasteiger partial charge on any atom is -0.454 e. The first kappa shape index (κ1) is 28.7. The summed E-state index contributed by atoms with van der Waals surface area (Å²) in [6, 6.07) is 44.4. The molecule has 50 heavy (non-hydrogen) atoms. The highest BCUT2D eigenvalue weighted by Crippen LogP contribution is 2.50. The summed E-state index contributed by atoms with van der Waals surface area (Å²) in [7, 11) is 0. The zero-order chi connectivity index (χ0) is 33.3. The van der Waals surface area contributed by atoms with Crippen LogP contribution in [0.25, 0.3) is 66.8 Å².